The maximum atomic E-state index is 12.1. The van der Waals surface area contributed by atoms with Gasteiger partial charge in [0, 0.05) is 43.2 Å². The van der Waals surface area contributed by atoms with Crippen molar-refractivity contribution in [3.63, 3.8) is 0 Å². The summed E-state index contributed by atoms with van der Waals surface area (Å²) in [6.45, 7) is 9.75. The fourth-order valence-corrected chi connectivity index (χ4v) is 2.87. The molecule has 2 aromatic rings. The second-order valence-corrected chi connectivity index (χ2v) is 5.56. The lowest BCUT2D eigenvalue weighted by Crippen LogP contribution is -2.27. The molecule has 1 atom stereocenters. The minimum atomic E-state index is -0.0162. The van der Waals surface area contributed by atoms with Gasteiger partial charge in [-0.15, -0.1) is 0 Å². The third-order valence-electron chi connectivity index (χ3n) is 3.90. The van der Waals surface area contributed by atoms with Crippen LogP contribution < -0.4 is 5.32 Å². The van der Waals surface area contributed by atoms with Crippen molar-refractivity contribution in [3.05, 3.63) is 35.4 Å². The van der Waals surface area contributed by atoms with Crippen LogP contribution in [0.15, 0.2) is 18.5 Å². The van der Waals surface area contributed by atoms with Crippen LogP contribution in [0.2, 0.25) is 0 Å². The van der Waals surface area contributed by atoms with Crippen molar-refractivity contribution < 1.29 is 4.79 Å². The number of amides is 1. The quantitative estimate of drug-likeness (QED) is 0.854. The Kier molecular flexibility index (Phi) is 5.35. The first-order valence-corrected chi connectivity index (χ1v) is 7.83. The van der Waals surface area contributed by atoms with Crippen LogP contribution in [0.25, 0.3) is 0 Å². The van der Waals surface area contributed by atoms with E-state index >= 15 is 0 Å². The molecule has 0 radical (unpaired) electrons. The standard InChI is InChI=1S/C16H25N5O/c1-5-21-14(4)16(13(3)19-21)12(2)18-15(22)8-6-10-20-11-7-9-17-20/h7,9,11-12H,5-6,8,10H2,1-4H3,(H,18,22)/t12-/m1/s1. The van der Waals surface area contributed by atoms with Crippen molar-refractivity contribution in [2.45, 2.75) is 59.7 Å². The van der Waals surface area contributed by atoms with Gasteiger partial charge in [0.2, 0.25) is 5.91 Å². The van der Waals surface area contributed by atoms with Gasteiger partial charge >= 0.3 is 0 Å². The van der Waals surface area contributed by atoms with Gasteiger partial charge in [-0.1, -0.05) is 0 Å². The number of carbonyl (C=O) groups is 1. The average Bonchev–Trinajstić information content (AvgIpc) is 3.06. The predicted octanol–water partition coefficient (Wildman–Crippen LogP) is 2.37. The summed E-state index contributed by atoms with van der Waals surface area (Å²) in [6, 6.07) is 1.87. The first-order valence-electron chi connectivity index (χ1n) is 7.83. The summed E-state index contributed by atoms with van der Waals surface area (Å²) < 4.78 is 3.82. The molecule has 0 saturated carbocycles. The molecule has 0 bridgehead atoms. The van der Waals surface area contributed by atoms with Crippen LogP contribution in [-0.2, 0) is 17.9 Å². The zero-order valence-electron chi connectivity index (χ0n) is 13.8. The SMILES string of the molecule is CCn1nc(C)c([C@@H](C)NC(=O)CCCn2cccn2)c1C. The molecule has 6 nitrogen and oxygen atoms in total. The lowest BCUT2D eigenvalue weighted by atomic mass is 10.1. The van der Waals surface area contributed by atoms with Crippen molar-refractivity contribution in [3.8, 4) is 0 Å². The minimum Gasteiger partial charge on any atom is -0.349 e. The first kappa shape index (κ1) is 16.3. The van der Waals surface area contributed by atoms with Gasteiger partial charge in [-0.25, -0.2) is 0 Å². The highest BCUT2D eigenvalue weighted by Gasteiger charge is 2.18. The molecule has 0 aliphatic heterocycles. The Morgan fingerprint density at radius 1 is 1.41 bits per heavy atom. The number of aryl methyl sites for hydroxylation is 3. The average molecular weight is 303 g/mol. The summed E-state index contributed by atoms with van der Waals surface area (Å²) in [5.74, 6) is 0.0719. The molecular formula is C16H25N5O. The smallest absolute Gasteiger partial charge is 0.220 e. The molecule has 2 heterocycles. The van der Waals surface area contributed by atoms with Crippen LogP contribution in [0.1, 0.15) is 49.7 Å². The molecule has 22 heavy (non-hydrogen) atoms. The van der Waals surface area contributed by atoms with Crippen LogP contribution >= 0.6 is 0 Å². The van der Waals surface area contributed by atoms with Crippen LogP contribution in [0.4, 0.5) is 0 Å². The van der Waals surface area contributed by atoms with Crippen molar-refractivity contribution in [2.75, 3.05) is 0 Å². The molecule has 0 aromatic carbocycles. The number of nitrogens with one attached hydrogen (secondary N) is 1. The van der Waals surface area contributed by atoms with Crippen LogP contribution in [-0.4, -0.2) is 25.5 Å². The van der Waals surface area contributed by atoms with Crippen LogP contribution in [0, 0.1) is 13.8 Å². The third kappa shape index (κ3) is 3.75. The Bertz CT molecular complexity index is 615. The summed E-state index contributed by atoms with van der Waals surface area (Å²) >= 11 is 0. The third-order valence-corrected chi connectivity index (χ3v) is 3.90. The molecule has 120 valence electrons. The Morgan fingerprint density at radius 2 is 2.18 bits per heavy atom. The summed E-state index contributed by atoms with van der Waals surface area (Å²) in [7, 11) is 0. The van der Waals surface area contributed by atoms with E-state index < -0.39 is 0 Å². The fourth-order valence-electron chi connectivity index (χ4n) is 2.87. The van der Waals surface area contributed by atoms with Crippen LogP contribution in [0.3, 0.4) is 0 Å². The van der Waals surface area contributed by atoms with Gasteiger partial charge in [0.15, 0.2) is 0 Å². The van der Waals surface area contributed by atoms with Gasteiger partial charge in [0.25, 0.3) is 0 Å². The highest BCUT2D eigenvalue weighted by atomic mass is 16.1. The van der Waals surface area contributed by atoms with Crippen molar-refractivity contribution >= 4 is 5.91 Å². The van der Waals surface area contributed by atoms with Gasteiger partial charge in [-0.05, 0) is 40.2 Å². The fraction of sp³-hybridized carbons (Fsp3) is 0.562. The lowest BCUT2D eigenvalue weighted by Gasteiger charge is -2.15. The van der Waals surface area contributed by atoms with E-state index in [0.717, 1.165) is 36.5 Å². The van der Waals surface area contributed by atoms with E-state index in [1.165, 1.54) is 0 Å². The minimum absolute atomic E-state index is 0.0162. The van der Waals surface area contributed by atoms with E-state index in [4.69, 9.17) is 0 Å². The monoisotopic (exact) mass is 303 g/mol. The molecule has 1 amide bonds. The van der Waals surface area contributed by atoms with Gasteiger partial charge in [0.1, 0.15) is 0 Å². The van der Waals surface area contributed by atoms with Crippen molar-refractivity contribution in [2.24, 2.45) is 0 Å². The van der Waals surface area contributed by atoms with E-state index in [1.54, 1.807) is 6.20 Å². The Hall–Kier alpha value is -2.11. The second-order valence-electron chi connectivity index (χ2n) is 5.56. The summed E-state index contributed by atoms with van der Waals surface area (Å²) in [4.78, 5) is 12.1. The van der Waals surface area contributed by atoms with E-state index in [0.29, 0.717) is 6.42 Å². The summed E-state index contributed by atoms with van der Waals surface area (Å²) in [5.41, 5.74) is 3.25. The molecule has 2 aromatic heterocycles. The van der Waals surface area contributed by atoms with Gasteiger partial charge < -0.3 is 5.32 Å². The van der Waals surface area contributed by atoms with Gasteiger partial charge in [-0.2, -0.15) is 10.2 Å². The normalized spacial score (nSPS) is 12.4. The first-order chi connectivity index (χ1) is 10.5. The number of hydrogen-bond donors (Lipinski definition) is 1. The zero-order valence-corrected chi connectivity index (χ0v) is 13.8. The van der Waals surface area contributed by atoms with Gasteiger partial charge in [-0.3, -0.25) is 14.2 Å². The zero-order chi connectivity index (χ0) is 16.1. The Balaban J connectivity index is 1.87. The maximum absolute atomic E-state index is 12.1. The number of aromatic nitrogens is 4. The van der Waals surface area contributed by atoms with Crippen LogP contribution in [0.5, 0.6) is 0 Å². The summed E-state index contributed by atoms with van der Waals surface area (Å²) in [5, 5.41) is 11.7. The van der Waals surface area contributed by atoms with E-state index in [2.05, 4.69) is 29.4 Å². The molecule has 0 fully saturated rings. The molecule has 0 saturated heterocycles. The lowest BCUT2D eigenvalue weighted by molar-refractivity contribution is -0.121. The summed E-state index contributed by atoms with van der Waals surface area (Å²) in [6.07, 6.45) is 4.95. The van der Waals surface area contributed by atoms with Gasteiger partial charge in [0.05, 0.1) is 11.7 Å². The highest BCUT2D eigenvalue weighted by molar-refractivity contribution is 5.76. The topological polar surface area (TPSA) is 64.7 Å². The Morgan fingerprint density at radius 3 is 2.77 bits per heavy atom. The molecule has 6 heteroatoms. The predicted molar refractivity (Wildman–Crippen MR) is 85.4 cm³/mol. The van der Waals surface area contributed by atoms with Crippen molar-refractivity contribution in [1.29, 1.82) is 0 Å². The highest BCUT2D eigenvalue weighted by Crippen LogP contribution is 2.21. The molecule has 0 unspecified atom stereocenters. The van der Waals surface area contributed by atoms with Crippen molar-refractivity contribution in [1.82, 2.24) is 24.9 Å². The molecule has 2 rings (SSSR count). The number of carbonyl (C=O) groups excluding carboxylic acids is 1. The largest absolute Gasteiger partial charge is 0.349 e. The van der Waals surface area contributed by atoms with E-state index in [9.17, 15) is 4.79 Å². The molecular weight excluding hydrogens is 278 g/mol. The number of hydrogen-bond acceptors (Lipinski definition) is 3. The molecule has 0 aliphatic carbocycles. The molecule has 0 spiro atoms. The molecule has 1 N–H and O–H groups in total. The number of rotatable bonds is 7. The maximum Gasteiger partial charge on any atom is 0.220 e. The Labute approximate surface area is 131 Å². The second kappa shape index (κ2) is 7.24. The van der Waals surface area contributed by atoms with E-state index in [1.807, 2.05) is 35.5 Å². The van der Waals surface area contributed by atoms with E-state index in [-0.39, 0.29) is 11.9 Å². The number of nitrogens with zero attached hydrogens (tertiary/aromatic N) is 4. The molecule has 0 aliphatic rings.